The summed E-state index contributed by atoms with van der Waals surface area (Å²) in [5.74, 6) is 0.00196. The van der Waals surface area contributed by atoms with Crippen molar-refractivity contribution in [2.24, 2.45) is 0 Å². The minimum atomic E-state index is 0.00196. The van der Waals surface area contributed by atoms with E-state index in [0.717, 1.165) is 21.5 Å². The van der Waals surface area contributed by atoms with Gasteiger partial charge in [0.1, 0.15) is 0 Å². The predicted molar refractivity (Wildman–Crippen MR) is 87.9 cm³/mol. The second-order valence-corrected chi connectivity index (χ2v) is 6.06. The van der Waals surface area contributed by atoms with Crippen molar-refractivity contribution in [1.29, 1.82) is 0 Å². The Hall–Kier alpha value is -2.20. The van der Waals surface area contributed by atoms with Gasteiger partial charge in [-0.25, -0.2) is 4.98 Å². The normalized spacial score (nSPS) is 10.8. The molecule has 1 aromatic heterocycles. The van der Waals surface area contributed by atoms with Crippen molar-refractivity contribution in [2.45, 2.75) is 20.3 Å². The summed E-state index contributed by atoms with van der Waals surface area (Å²) in [7, 11) is 0. The zero-order chi connectivity index (χ0) is 14.8. The van der Waals surface area contributed by atoms with Gasteiger partial charge in [-0.3, -0.25) is 4.79 Å². The molecule has 0 aliphatic heterocycles. The van der Waals surface area contributed by atoms with E-state index >= 15 is 0 Å². The molecule has 4 heteroatoms. The van der Waals surface area contributed by atoms with E-state index in [9.17, 15) is 4.79 Å². The molecule has 2 aromatic carbocycles. The number of carbonyl (C=O) groups is 1. The molecule has 3 aromatic rings. The summed E-state index contributed by atoms with van der Waals surface area (Å²) in [5, 5.41) is 2.95. The molecular formula is C17H16N2OS. The standard InChI is InChI=1S/C17H16N2OS/c1-11-3-4-13(7-12(11)2)8-17(20)19-14-5-6-15-16(9-14)21-10-18-15/h3-7,9-10H,8H2,1-2H3,(H,19,20). The van der Waals surface area contributed by atoms with Crippen molar-refractivity contribution in [3.8, 4) is 0 Å². The average Bonchev–Trinajstić information content (AvgIpc) is 2.90. The molecule has 1 heterocycles. The van der Waals surface area contributed by atoms with Crippen LogP contribution in [0.2, 0.25) is 0 Å². The summed E-state index contributed by atoms with van der Waals surface area (Å²) in [6.45, 7) is 4.14. The Kier molecular flexibility index (Phi) is 3.71. The maximum atomic E-state index is 12.1. The van der Waals surface area contributed by atoms with Gasteiger partial charge in [0.15, 0.2) is 0 Å². The third-order valence-corrected chi connectivity index (χ3v) is 4.34. The van der Waals surface area contributed by atoms with Crippen LogP contribution in [0.3, 0.4) is 0 Å². The van der Waals surface area contributed by atoms with Gasteiger partial charge in [0.05, 0.1) is 22.1 Å². The first kappa shape index (κ1) is 13.8. The Morgan fingerprint density at radius 1 is 1.14 bits per heavy atom. The van der Waals surface area contributed by atoms with Crippen LogP contribution in [0.25, 0.3) is 10.2 Å². The van der Waals surface area contributed by atoms with E-state index < -0.39 is 0 Å². The molecule has 1 N–H and O–H groups in total. The number of benzene rings is 2. The van der Waals surface area contributed by atoms with E-state index in [1.807, 2.05) is 29.8 Å². The van der Waals surface area contributed by atoms with E-state index in [-0.39, 0.29) is 5.91 Å². The third-order valence-electron chi connectivity index (χ3n) is 3.55. The number of hydrogen-bond acceptors (Lipinski definition) is 3. The number of rotatable bonds is 3. The van der Waals surface area contributed by atoms with Crippen molar-refractivity contribution in [2.75, 3.05) is 5.32 Å². The van der Waals surface area contributed by atoms with Gasteiger partial charge in [0.25, 0.3) is 0 Å². The topological polar surface area (TPSA) is 42.0 Å². The molecule has 0 fully saturated rings. The lowest BCUT2D eigenvalue weighted by atomic mass is 10.0. The Morgan fingerprint density at radius 2 is 2.00 bits per heavy atom. The largest absolute Gasteiger partial charge is 0.326 e. The molecular weight excluding hydrogens is 280 g/mol. The fraction of sp³-hybridized carbons (Fsp3) is 0.176. The van der Waals surface area contributed by atoms with Gasteiger partial charge >= 0.3 is 0 Å². The summed E-state index contributed by atoms with van der Waals surface area (Å²) in [4.78, 5) is 16.4. The molecule has 0 atom stereocenters. The van der Waals surface area contributed by atoms with E-state index in [0.29, 0.717) is 6.42 Å². The lowest BCUT2D eigenvalue weighted by Crippen LogP contribution is -2.14. The number of carbonyl (C=O) groups excluding carboxylic acids is 1. The SMILES string of the molecule is Cc1ccc(CC(=O)Nc2ccc3ncsc3c2)cc1C. The predicted octanol–water partition coefficient (Wildman–Crippen LogP) is 4.09. The number of aromatic nitrogens is 1. The number of fused-ring (bicyclic) bond motifs is 1. The van der Waals surface area contributed by atoms with Gasteiger partial charge < -0.3 is 5.32 Å². The van der Waals surface area contributed by atoms with Crippen LogP contribution in [0.1, 0.15) is 16.7 Å². The van der Waals surface area contributed by atoms with Crippen LogP contribution in [0.4, 0.5) is 5.69 Å². The molecule has 0 spiro atoms. The fourth-order valence-electron chi connectivity index (χ4n) is 2.24. The van der Waals surface area contributed by atoms with Crippen LogP contribution >= 0.6 is 11.3 Å². The molecule has 3 rings (SSSR count). The first-order valence-electron chi connectivity index (χ1n) is 6.81. The van der Waals surface area contributed by atoms with E-state index in [1.54, 1.807) is 11.3 Å². The monoisotopic (exact) mass is 296 g/mol. The highest BCUT2D eigenvalue weighted by Crippen LogP contribution is 2.22. The van der Waals surface area contributed by atoms with E-state index in [2.05, 4.69) is 36.3 Å². The zero-order valence-corrected chi connectivity index (χ0v) is 12.8. The van der Waals surface area contributed by atoms with Crippen molar-refractivity contribution < 1.29 is 4.79 Å². The molecule has 0 saturated heterocycles. The quantitative estimate of drug-likeness (QED) is 0.791. The van der Waals surface area contributed by atoms with Crippen molar-refractivity contribution >= 4 is 33.1 Å². The molecule has 0 aliphatic carbocycles. The van der Waals surface area contributed by atoms with Crippen LogP contribution in [0, 0.1) is 13.8 Å². The molecule has 3 nitrogen and oxygen atoms in total. The summed E-state index contributed by atoms with van der Waals surface area (Å²) in [5.41, 5.74) is 7.09. The number of nitrogens with zero attached hydrogens (tertiary/aromatic N) is 1. The minimum absolute atomic E-state index is 0.00196. The summed E-state index contributed by atoms with van der Waals surface area (Å²) >= 11 is 1.57. The van der Waals surface area contributed by atoms with Crippen LogP contribution in [0.5, 0.6) is 0 Å². The van der Waals surface area contributed by atoms with Crippen molar-refractivity contribution in [3.63, 3.8) is 0 Å². The number of amides is 1. The van der Waals surface area contributed by atoms with Gasteiger partial charge in [-0.2, -0.15) is 0 Å². The highest BCUT2D eigenvalue weighted by molar-refractivity contribution is 7.16. The molecule has 0 radical (unpaired) electrons. The van der Waals surface area contributed by atoms with Gasteiger partial charge in [-0.15, -0.1) is 11.3 Å². The second-order valence-electron chi connectivity index (χ2n) is 5.18. The van der Waals surface area contributed by atoms with Crippen LogP contribution in [0.15, 0.2) is 41.9 Å². The Balaban J connectivity index is 1.71. The lowest BCUT2D eigenvalue weighted by Gasteiger charge is -2.07. The second kappa shape index (κ2) is 5.66. The molecule has 1 amide bonds. The molecule has 21 heavy (non-hydrogen) atoms. The van der Waals surface area contributed by atoms with Gasteiger partial charge in [-0.1, -0.05) is 18.2 Å². The third kappa shape index (κ3) is 3.11. The Labute approximate surface area is 127 Å². The Bertz CT molecular complexity index is 807. The highest BCUT2D eigenvalue weighted by Gasteiger charge is 2.06. The van der Waals surface area contributed by atoms with Crippen LogP contribution < -0.4 is 5.32 Å². The number of hydrogen-bond donors (Lipinski definition) is 1. The molecule has 0 aliphatic rings. The minimum Gasteiger partial charge on any atom is -0.326 e. The fourth-order valence-corrected chi connectivity index (χ4v) is 2.95. The molecule has 106 valence electrons. The maximum Gasteiger partial charge on any atom is 0.228 e. The molecule has 0 saturated carbocycles. The number of aryl methyl sites for hydroxylation is 2. The lowest BCUT2D eigenvalue weighted by molar-refractivity contribution is -0.115. The van der Waals surface area contributed by atoms with Crippen molar-refractivity contribution in [1.82, 2.24) is 4.98 Å². The van der Waals surface area contributed by atoms with Gasteiger partial charge in [-0.05, 0) is 48.7 Å². The van der Waals surface area contributed by atoms with Crippen LogP contribution in [-0.2, 0) is 11.2 Å². The number of anilines is 1. The van der Waals surface area contributed by atoms with E-state index in [1.165, 1.54) is 11.1 Å². The smallest absolute Gasteiger partial charge is 0.228 e. The average molecular weight is 296 g/mol. The first-order chi connectivity index (χ1) is 10.1. The molecule has 0 bridgehead atoms. The summed E-state index contributed by atoms with van der Waals surface area (Å²) in [6, 6.07) is 11.9. The number of nitrogens with one attached hydrogen (secondary N) is 1. The summed E-state index contributed by atoms with van der Waals surface area (Å²) < 4.78 is 1.08. The maximum absolute atomic E-state index is 12.1. The van der Waals surface area contributed by atoms with E-state index in [4.69, 9.17) is 0 Å². The highest BCUT2D eigenvalue weighted by atomic mass is 32.1. The Morgan fingerprint density at radius 3 is 2.81 bits per heavy atom. The molecule has 0 unspecified atom stereocenters. The van der Waals surface area contributed by atoms with Gasteiger partial charge in [0.2, 0.25) is 5.91 Å². The van der Waals surface area contributed by atoms with Gasteiger partial charge in [0, 0.05) is 5.69 Å². The zero-order valence-electron chi connectivity index (χ0n) is 12.0. The van der Waals surface area contributed by atoms with Crippen LogP contribution in [-0.4, -0.2) is 10.9 Å². The number of thiazole rings is 1. The summed E-state index contributed by atoms with van der Waals surface area (Å²) in [6.07, 6.45) is 0.391. The first-order valence-corrected chi connectivity index (χ1v) is 7.69. The van der Waals surface area contributed by atoms with Crippen molar-refractivity contribution in [3.05, 3.63) is 58.6 Å².